The third kappa shape index (κ3) is 2.77. The fraction of sp³-hybridized carbons (Fsp3) is 0.444. The first kappa shape index (κ1) is 14.5. The molecule has 1 aliphatic rings. The Labute approximate surface area is 136 Å². The fourth-order valence-electron chi connectivity index (χ4n) is 3.64. The van der Waals surface area contributed by atoms with Crippen LogP contribution < -0.4 is 5.73 Å². The minimum atomic E-state index is 0.583. The van der Waals surface area contributed by atoms with E-state index in [1.54, 1.807) is 0 Å². The summed E-state index contributed by atoms with van der Waals surface area (Å²) < 4.78 is 3.97. The van der Waals surface area contributed by atoms with E-state index in [1.807, 2.05) is 24.1 Å². The van der Waals surface area contributed by atoms with Gasteiger partial charge in [-0.1, -0.05) is 0 Å². The third-order valence-electron chi connectivity index (χ3n) is 5.11. The number of aromatic nitrogens is 4. The van der Waals surface area contributed by atoms with Gasteiger partial charge in [0, 0.05) is 42.7 Å². The second kappa shape index (κ2) is 5.81. The second-order valence-corrected chi connectivity index (χ2v) is 6.71. The van der Waals surface area contributed by atoms with Gasteiger partial charge >= 0.3 is 0 Å². The van der Waals surface area contributed by atoms with Crippen LogP contribution in [0.25, 0.3) is 16.8 Å². The highest BCUT2D eigenvalue weighted by molar-refractivity contribution is 5.63. The van der Waals surface area contributed by atoms with Gasteiger partial charge in [-0.15, -0.1) is 0 Å². The van der Waals surface area contributed by atoms with Crippen LogP contribution in [0.5, 0.6) is 0 Å². The van der Waals surface area contributed by atoms with E-state index >= 15 is 0 Å². The molecule has 3 heterocycles. The van der Waals surface area contributed by atoms with Crippen LogP contribution in [0.2, 0.25) is 0 Å². The molecular weight excluding hydrogens is 286 g/mol. The van der Waals surface area contributed by atoms with Crippen molar-refractivity contribution in [2.45, 2.75) is 31.6 Å². The molecule has 1 saturated carbocycles. The first-order chi connectivity index (χ1) is 11.2. The molecule has 0 spiro atoms. The molecule has 120 valence electrons. The van der Waals surface area contributed by atoms with Crippen molar-refractivity contribution in [1.82, 2.24) is 19.2 Å². The van der Waals surface area contributed by atoms with Gasteiger partial charge in [0.2, 0.25) is 0 Å². The smallest absolute Gasteiger partial charge is 0.137 e. The Morgan fingerprint density at radius 1 is 1.09 bits per heavy atom. The maximum Gasteiger partial charge on any atom is 0.137 e. The molecule has 0 aromatic carbocycles. The van der Waals surface area contributed by atoms with Crippen molar-refractivity contribution in [3.63, 3.8) is 0 Å². The molecule has 1 aliphatic carbocycles. The minimum Gasteiger partial charge on any atom is -0.330 e. The zero-order chi connectivity index (χ0) is 15.8. The molecule has 23 heavy (non-hydrogen) atoms. The summed E-state index contributed by atoms with van der Waals surface area (Å²) in [4.78, 5) is 4.84. The second-order valence-electron chi connectivity index (χ2n) is 6.71. The zero-order valence-electron chi connectivity index (χ0n) is 13.5. The SMILES string of the molecule is Cn1cc(-c2ccc3nc(C4CCC(CN)CC4)cn3c2)cn1. The lowest BCUT2D eigenvalue weighted by molar-refractivity contribution is 0.330. The van der Waals surface area contributed by atoms with Crippen molar-refractivity contribution in [2.75, 3.05) is 6.54 Å². The highest BCUT2D eigenvalue weighted by atomic mass is 15.2. The number of nitrogens with zero attached hydrogens (tertiary/aromatic N) is 4. The number of hydrogen-bond donors (Lipinski definition) is 1. The van der Waals surface area contributed by atoms with E-state index in [0.717, 1.165) is 17.8 Å². The van der Waals surface area contributed by atoms with Crippen LogP contribution in [0.15, 0.2) is 36.9 Å². The van der Waals surface area contributed by atoms with E-state index in [4.69, 9.17) is 10.7 Å². The topological polar surface area (TPSA) is 61.1 Å². The molecular formula is C18H23N5. The zero-order valence-corrected chi connectivity index (χ0v) is 13.5. The molecule has 0 bridgehead atoms. The van der Waals surface area contributed by atoms with Crippen molar-refractivity contribution in [3.05, 3.63) is 42.6 Å². The van der Waals surface area contributed by atoms with Crippen molar-refractivity contribution in [3.8, 4) is 11.1 Å². The van der Waals surface area contributed by atoms with Crippen LogP contribution in [-0.4, -0.2) is 25.7 Å². The van der Waals surface area contributed by atoms with E-state index in [9.17, 15) is 0 Å². The lowest BCUT2D eigenvalue weighted by atomic mass is 9.81. The minimum absolute atomic E-state index is 0.583. The summed E-state index contributed by atoms with van der Waals surface area (Å²) in [6.07, 6.45) is 13.2. The van der Waals surface area contributed by atoms with Crippen molar-refractivity contribution >= 4 is 5.65 Å². The Morgan fingerprint density at radius 3 is 2.61 bits per heavy atom. The fourth-order valence-corrected chi connectivity index (χ4v) is 3.64. The van der Waals surface area contributed by atoms with Gasteiger partial charge in [0.05, 0.1) is 11.9 Å². The maximum absolute atomic E-state index is 5.80. The molecule has 1 fully saturated rings. The predicted octanol–water partition coefficient (Wildman–Crippen LogP) is 2.97. The van der Waals surface area contributed by atoms with Gasteiger partial charge in [-0.3, -0.25) is 4.68 Å². The predicted molar refractivity (Wildman–Crippen MR) is 91.1 cm³/mol. The van der Waals surface area contributed by atoms with Gasteiger partial charge in [0.1, 0.15) is 5.65 Å². The molecule has 4 rings (SSSR count). The van der Waals surface area contributed by atoms with Crippen LogP contribution in [0.3, 0.4) is 0 Å². The van der Waals surface area contributed by atoms with Gasteiger partial charge in [0.25, 0.3) is 0 Å². The lowest BCUT2D eigenvalue weighted by Crippen LogP contribution is -2.20. The maximum atomic E-state index is 5.80. The first-order valence-corrected chi connectivity index (χ1v) is 8.40. The van der Waals surface area contributed by atoms with Gasteiger partial charge in [-0.05, 0) is 50.3 Å². The Hall–Kier alpha value is -2.14. The molecule has 0 saturated heterocycles. The summed E-state index contributed by atoms with van der Waals surface area (Å²) in [7, 11) is 1.94. The van der Waals surface area contributed by atoms with E-state index in [0.29, 0.717) is 11.8 Å². The van der Waals surface area contributed by atoms with Crippen molar-refractivity contribution in [2.24, 2.45) is 18.7 Å². The van der Waals surface area contributed by atoms with Gasteiger partial charge in [-0.2, -0.15) is 5.10 Å². The van der Waals surface area contributed by atoms with E-state index < -0.39 is 0 Å². The number of rotatable bonds is 3. The molecule has 5 heteroatoms. The Balaban J connectivity index is 1.61. The number of nitrogens with two attached hydrogens (primary N) is 1. The molecule has 0 unspecified atom stereocenters. The highest BCUT2D eigenvalue weighted by Crippen LogP contribution is 2.35. The van der Waals surface area contributed by atoms with Crippen LogP contribution in [-0.2, 0) is 7.05 Å². The largest absolute Gasteiger partial charge is 0.330 e. The summed E-state index contributed by atoms with van der Waals surface area (Å²) in [5, 5.41) is 4.25. The monoisotopic (exact) mass is 309 g/mol. The average Bonchev–Trinajstić information content (AvgIpc) is 3.20. The summed E-state index contributed by atoms with van der Waals surface area (Å²) in [5.74, 6) is 1.29. The van der Waals surface area contributed by atoms with E-state index in [-0.39, 0.29) is 0 Å². The van der Waals surface area contributed by atoms with Gasteiger partial charge in [0.15, 0.2) is 0 Å². The molecule has 0 amide bonds. The number of aryl methyl sites for hydroxylation is 1. The molecule has 3 aromatic heterocycles. The highest BCUT2D eigenvalue weighted by Gasteiger charge is 2.23. The average molecular weight is 309 g/mol. The summed E-state index contributed by atoms with van der Waals surface area (Å²) >= 11 is 0. The third-order valence-corrected chi connectivity index (χ3v) is 5.11. The van der Waals surface area contributed by atoms with E-state index in [2.05, 4.69) is 34.0 Å². The van der Waals surface area contributed by atoms with Gasteiger partial charge < -0.3 is 10.1 Å². The van der Waals surface area contributed by atoms with Crippen molar-refractivity contribution < 1.29 is 0 Å². The number of hydrogen-bond acceptors (Lipinski definition) is 3. The summed E-state index contributed by atoms with van der Waals surface area (Å²) in [5.41, 5.74) is 10.3. The standard InChI is InChI=1S/C18H23N5/c1-22-10-16(9-20-22)15-6-7-18-21-17(12-23(18)11-15)14-4-2-13(8-19)3-5-14/h6-7,9-14H,2-5,8,19H2,1H3. The van der Waals surface area contributed by atoms with Crippen molar-refractivity contribution in [1.29, 1.82) is 0 Å². The number of fused-ring (bicyclic) bond motifs is 1. The summed E-state index contributed by atoms with van der Waals surface area (Å²) in [6, 6.07) is 4.21. The molecule has 0 aliphatic heterocycles. The van der Waals surface area contributed by atoms with Crippen LogP contribution in [0.4, 0.5) is 0 Å². The number of imidazole rings is 1. The molecule has 3 aromatic rings. The Morgan fingerprint density at radius 2 is 1.91 bits per heavy atom. The number of pyridine rings is 1. The van der Waals surface area contributed by atoms with Crippen LogP contribution in [0.1, 0.15) is 37.3 Å². The quantitative estimate of drug-likeness (QED) is 0.809. The van der Waals surface area contributed by atoms with Crippen LogP contribution >= 0.6 is 0 Å². The van der Waals surface area contributed by atoms with E-state index in [1.165, 1.54) is 36.9 Å². The van der Waals surface area contributed by atoms with Crippen LogP contribution in [0, 0.1) is 5.92 Å². The first-order valence-electron chi connectivity index (χ1n) is 8.40. The van der Waals surface area contributed by atoms with Gasteiger partial charge in [-0.25, -0.2) is 4.98 Å². The molecule has 2 N–H and O–H groups in total. The molecule has 0 radical (unpaired) electrons. The summed E-state index contributed by atoms with van der Waals surface area (Å²) in [6.45, 7) is 0.826. The molecule has 0 atom stereocenters. The Kier molecular flexibility index (Phi) is 3.65. The normalized spacial score (nSPS) is 21.8. The Bertz CT molecular complexity index is 808. The molecule has 5 nitrogen and oxygen atoms in total. The lowest BCUT2D eigenvalue weighted by Gasteiger charge is -2.26.